The second kappa shape index (κ2) is 7.30. The molecule has 0 atom stereocenters. The molecular weight excluding hydrogens is 344 g/mol. The van der Waals surface area contributed by atoms with Gasteiger partial charge in [0.15, 0.2) is 0 Å². The van der Waals surface area contributed by atoms with Crippen LogP contribution in [0.15, 0.2) is 53.9 Å². The highest BCUT2D eigenvalue weighted by Crippen LogP contribution is 2.27. The lowest BCUT2D eigenvalue weighted by molar-refractivity contribution is -0.121. The molecule has 1 aliphatic rings. The Kier molecular flexibility index (Phi) is 4.71. The van der Waals surface area contributed by atoms with Crippen molar-refractivity contribution in [1.29, 1.82) is 0 Å². The van der Waals surface area contributed by atoms with Crippen molar-refractivity contribution < 1.29 is 9.53 Å². The van der Waals surface area contributed by atoms with E-state index in [1.807, 2.05) is 29.6 Å². The quantitative estimate of drug-likeness (QED) is 0.752. The van der Waals surface area contributed by atoms with E-state index < -0.39 is 0 Å². The first-order chi connectivity index (χ1) is 12.7. The normalized spacial score (nSPS) is 13.4. The first kappa shape index (κ1) is 16.8. The number of ether oxygens (including phenoxy) is 1. The SMILES string of the molecule is COc1cccc(-c2nc(CC(=O)NC3Cc4ccccc4C3)cs2)c1. The van der Waals surface area contributed by atoms with Gasteiger partial charge in [-0.3, -0.25) is 4.79 Å². The topological polar surface area (TPSA) is 51.2 Å². The van der Waals surface area contributed by atoms with Gasteiger partial charge in [0.1, 0.15) is 10.8 Å². The molecule has 1 N–H and O–H groups in total. The van der Waals surface area contributed by atoms with Crippen LogP contribution in [0.25, 0.3) is 10.6 Å². The third kappa shape index (κ3) is 3.63. The maximum atomic E-state index is 12.4. The molecule has 0 unspecified atom stereocenters. The van der Waals surface area contributed by atoms with Crippen molar-refractivity contribution >= 4 is 17.2 Å². The predicted molar refractivity (Wildman–Crippen MR) is 104 cm³/mol. The van der Waals surface area contributed by atoms with Gasteiger partial charge in [-0.25, -0.2) is 4.98 Å². The molecule has 4 nitrogen and oxygen atoms in total. The van der Waals surface area contributed by atoms with E-state index in [2.05, 4.69) is 34.6 Å². The summed E-state index contributed by atoms with van der Waals surface area (Å²) in [4.78, 5) is 17.0. The second-order valence-electron chi connectivity index (χ2n) is 6.49. The lowest BCUT2D eigenvalue weighted by Gasteiger charge is -2.11. The molecule has 0 aliphatic heterocycles. The lowest BCUT2D eigenvalue weighted by atomic mass is 10.1. The average Bonchev–Trinajstić information content (AvgIpc) is 3.28. The Labute approximate surface area is 156 Å². The van der Waals surface area contributed by atoms with Crippen LogP contribution in [-0.4, -0.2) is 24.0 Å². The number of methoxy groups -OCH3 is 1. The largest absolute Gasteiger partial charge is 0.497 e. The molecule has 1 aliphatic carbocycles. The van der Waals surface area contributed by atoms with Crippen molar-refractivity contribution in [2.45, 2.75) is 25.3 Å². The van der Waals surface area contributed by atoms with E-state index in [-0.39, 0.29) is 11.9 Å². The molecule has 0 bridgehead atoms. The van der Waals surface area contributed by atoms with E-state index in [4.69, 9.17) is 4.74 Å². The first-order valence-electron chi connectivity index (χ1n) is 8.66. The van der Waals surface area contributed by atoms with Crippen molar-refractivity contribution in [2.24, 2.45) is 0 Å². The zero-order valence-electron chi connectivity index (χ0n) is 14.6. The van der Waals surface area contributed by atoms with Gasteiger partial charge >= 0.3 is 0 Å². The summed E-state index contributed by atoms with van der Waals surface area (Å²) in [6, 6.07) is 16.4. The van der Waals surface area contributed by atoms with Crippen molar-refractivity contribution in [1.82, 2.24) is 10.3 Å². The van der Waals surface area contributed by atoms with Gasteiger partial charge in [-0.2, -0.15) is 0 Å². The summed E-state index contributed by atoms with van der Waals surface area (Å²) in [5, 5.41) is 6.01. The Hall–Kier alpha value is -2.66. The van der Waals surface area contributed by atoms with Crippen molar-refractivity contribution in [2.75, 3.05) is 7.11 Å². The molecule has 4 rings (SSSR count). The molecule has 1 aromatic heterocycles. The van der Waals surface area contributed by atoms with Gasteiger partial charge in [0.05, 0.1) is 19.2 Å². The molecular formula is C21H20N2O2S. The summed E-state index contributed by atoms with van der Waals surface area (Å²) in [6.07, 6.45) is 2.13. The smallest absolute Gasteiger partial charge is 0.226 e. The number of nitrogens with zero attached hydrogens (tertiary/aromatic N) is 1. The number of thiazole rings is 1. The number of carbonyl (C=O) groups excluding carboxylic acids is 1. The van der Waals surface area contributed by atoms with E-state index in [1.165, 1.54) is 11.1 Å². The highest BCUT2D eigenvalue weighted by atomic mass is 32.1. The van der Waals surface area contributed by atoms with E-state index >= 15 is 0 Å². The summed E-state index contributed by atoms with van der Waals surface area (Å²) >= 11 is 1.55. The molecule has 0 radical (unpaired) electrons. The minimum Gasteiger partial charge on any atom is -0.497 e. The fourth-order valence-corrected chi connectivity index (χ4v) is 4.20. The monoisotopic (exact) mass is 364 g/mol. The van der Waals surface area contributed by atoms with Crippen LogP contribution in [0.5, 0.6) is 5.75 Å². The molecule has 5 heteroatoms. The van der Waals surface area contributed by atoms with Crippen LogP contribution >= 0.6 is 11.3 Å². The molecule has 26 heavy (non-hydrogen) atoms. The molecule has 0 saturated heterocycles. The standard InChI is InChI=1S/C21H20N2O2S/c1-25-19-8-4-7-16(11-19)21-23-18(13-26-21)12-20(24)22-17-9-14-5-2-3-6-15(14)10-17/h2-8,11,13,17H,9-10,12H2,1H3,(H,22,24). The zero-order valence-corrected chi connectivity index (χ0v) is 15.4. The number of amides is 1. The van der Waals surface area contributed by atoms with E-state index in [1.54, 1.807) is 18.4 Å². The molecule has 0 saturated carbocycles. The maximum Gasteiger partial charge on any atom is 0.226 e. The zero-order chi connectivity index (χ0) is 17.9. The number of carbonyl (C=O) groups is 1. The van der Waals surface area contributed by atoms with E-state index in [0.717, 1.165) is 34.9 Å². The first-order valence-corrected chi connectivity index (χ1v) is 9.54. The summed E-state index contributed by atoms with van der Waals surface area (Å²) < 4.78 is 5.26. The van der Waals surface area contributed by atoms with Crippen LogP contribution in [0.4, 0.5) is 0 Å². The molecule has 0 spiro atoms. The van der Waals surface area contributed by atoms with Gasteiger partial charge in [-0.05, 0) is 36.1 Å². The lowest BCUT2D eigenvalue weighted by Crippen LogP contribution is -2.36. The van der Waals surface area contributed by atoms with Crippen LogP contribution < -0.4 is 10.1 Å². The van der Waals surface area contributed by atoms with Gasteiger partial charge < -0.3 is 10.1 Å². The third-order valence-corrected chi connectivity index (χ3v) is 5.57. The van der Waals surface area contributed by atoms with Crippen LogP contribution in [0.1, 0.15) is 16.8 Å². The Morgan fingerprint density at radius 3 is 2.69 bits per heavy atom. The Bertz CT molecular complexity index is 910. The molecule has 132 valence electrons. The second-order valence-corrected chi connectivity index (χ2v) is 7.35. The molecule has 1 heterocycles. The van der Waals surface area contributed by atoms with E-state index in [0.29, 0.717) is 6.42 Å². The van der Waals surface area contributed by atoms with Crippen LogP contribution in [-0.2, 0) is 24.1 Å². The molecule has 2 aromatic carbocycles. The Morgan fingerprint density at radius 2 is 1.96 bits per heavy atom. The number of aromatic nitrogens is 1. The van der Waals surface area contributed by atoms with Crippen molar-refractivity contribution in [3.05, 3.63) is 70.7 Å². The van der Waals surface area contributed by atoms with Gasteiger partial charge in [-0.1, -0.05) is 36.4 Å². The maximum absolute atomic E-state index is 12.4. The Morgan fingerprint density at radius 1 is 1.19 bits per heavy atom. The van der Waals surface area contributed by atoms with Crippen LogP contribution in [0.2, 0.25) is 0 Å². The highest BCUT2D eigenvalue weighted by Gasteiger charge is 2.22. The van der Waals surface area contributed by atoms with Gasteiger partial charge in [0.2, 0.25) is 5.91 Å². The number of benzene rings is 2. The third-order valence-electron chi connectivity index (χ3n) is 4.63. The van der Waals surface area contributed by atoms with Crippen molar-refractivity contribution in [3.8, 4) is 16.3 Å². The number of rotatable bonds is 5. The van der Waals surface area contributed by atoms with Gasteiger partial charge in [-0.15, -0.1) is 11.3 Å². The Balaban J connectivity index is 1.38. The fraction of sp³-hybridized carbons (Fsp3) is 0.238. The van der Waals surface area contributed by atoms with E-state index in [9.17, 15) is 4.79 Å². The predicted octanol–water partition coefficient (Wildman–Crippen LogP) is 3.64. The summed E-state index contributed by atoms with van der Waals surface area (Å²) in [6.45, 7) is 0. The average molecular weight is 364 g/mol. The molecule has 1 amide bonds. The number of hydrogen-bond acceptors (Lipinski definition) is 4. The highest BCUT2D eigenvalue weighted by molar-refractivity contribution is 7.13. The molecule has 3 aromatic rings. The van der Waals surface area contributed by atoms with Gasteiger partial charge in [0.25, 0.3) is 0 Å². The number of hydrogen-bond donors (Lipinski definition) is 1. The van der Waals surface area contributed by atoms with Crippen LogP contribution in [0.3, 0.4) is 0 Å². The van der Waals surface area contributed by atoms with Crippen LogP contribution in [0, 0.1) is 0 Å². The number of fused-ring (bicyclic) bond motifs is 1. The van der Waals surface area contributed by atoms with Gasteiger partial charge in [0, 0.05) is 17.0 Å². The summed E-state index contributed by atoms with van der Waals surface area (Å²) in [5.41, 5.74) is 4.49. The minimum atomic E-state index is 0.0327. The summed E-state index contributed by atoms with van der Waals surface area (Å²) in [7, 11) is 1.65. The minimum absolute atomic E-state index is 0.0327. The summed E-state index contributed by atoms with van der Waals surface area (Å²) in [5.74, 6) is 0.836. The molecule has 0 fully saturated rings. The number of nitrogens with one attached hydrogen (secondary N) is 1. The fourth-order valence-electron chi connectivity index (χ4n) is 3.38. The van der Waals surface area contributed by atoms with Crippen molar-refractivity contribution in [3.63, 3.8) is 0 Å².